The third-order valence-corrected chi connectivity index (χ3v) is 13.4. The first-order valence-corrected chi connectivity index (χ1v) is 19.5. The van der Waals surface area contributed by atoms with Crippen molar-refractivity contribution in [2.75, 3.05) is 41.4 Å². The molecule has 4 saturated carbocycles. The third kappa shape index (κ3) is 5.97. The second-order valence-electron chi connectivity index (χ2n) is 16.2. The molecule has 2 saturated heterocycles. The second-order valence-corrected chi connectivity index (χ2v) is 17.8. The molecule has 12 heteroatoms. The van der Waals surface area contributed by atoms with Crippen LogP contribution in [0, 0.1) is 29.1 Å². The lowest BCUT2D eigenvalue weighted by molar-refractivity contribution is -0.129. The van der Waals surface area contributed by atoms with E-state index in [1.807, 2.05) is 0 Å². The van der Waals surface area contributed by atoms with Crippen molar-refractivity contribution < 1.29 is 22.7 Å². The minimum Gasteiger partial charge on any atom is -0.370 e. The topological polar surface area (TPSA) is 134 Å². The summed E-state index contributed by atoms with van der Waals surface area (Å²) in [5, 5.41) is 2.99. The molecule has 2 aromatic rings. The Hall–Kier alpha value is -3.25. The number of carbonyl (C=O) groups excluding carboxylic acids is 2. The van der Waals surface area contributed by atoms with Gasteiger partial charge in [-0.2, -0.15) is 8.42 Å². The number of ether oxygens (including phenoxy) is 1. The second kappa shape index (κ2) is 12.0. The summed E-state index contributed by atoms with van der Waals surface area (Å²) in [6.45, 7) is 6.68. The molecule has 2 atom stereocenters. The van der Waals surface area contributed by atoms with E-state index in [1.165, 1.54) is 44.6 Å². The molecule has 2 aromatic heterocycles. The molecular weight excluding hydrogens is 629 g/mol. The number of amides is 2. The highest BCUT2D eigenvalue weighted by Crippen LogP contribution is 2.61. The minimum atomic E-state index is -4.26. The van der Waals surface area contributed by atoms with Gasteiger partial charge < -0.3 is 15.0 Å². The van der Waals surface area contributed by atoms with Crippen molar-refractivity contribution in [1.29, 1.82) is 0 Å². The number of fused-ring (bicyclic) bond motifs is 6. The Morgan fingerprint density at radius 2 is 1.69 bits per heavy atom. The Balaban J connectivity index is 1.03. The van der Waals surface area contributed by atoms with Crippen LogP contribution in [0.25, 0.3) is 0 Å². The van der Waals surface area contributed by atoms with Crippen LogP contribution >= 0.6 is 0 Å². The molecule has 2 N–H and O–H groups in total. The van der Waals surface area contributed by atoms with E-state index in [2.05, 4.69) is 33.8 Å². The van der Waals surface area contributed by atoms with Crippen molar-refractivity contribution in [2.45, 2.75) is 101 Å². The van der Waals surface area contributed by atoms with Gasteiger partial charge >= 0.3 is 0 Å². The molecule has 11 nitrogen and oxygen atoms in total. The average molecular weight is 677 g/mol. The predicted octanol–water partition coefficient (Wildman–Crippen LogP) is 5.13. The first-order chi connectivity index (χ1) is 23.0. The summed E-state index contributed by atoms with van der Waals surface area (Å²) in [5.74, 6) is 3.44. The number of nitrogens with zero attached hydrogens (tertiary/aromatic N) is 4. The zero-order chi connectivity index (χ0) is 33.3. The van der Waals surface area contributed by atoms with E-state index in [-0.39, 0.29) is 22.0 Å². The van der Waals surface area contributed by atoms with Crippen molar-refractivity contribution >= 4 is 39.3 Å². The summed E-state index contributed by atoms with van der Waals surface area (Å²) in [6, 6.07) is 7.95. The zero-order valence-corrected chi connectivity index (χ0v) is 28.9. The quantitative estimate of drug-likeness (QED) is 0.442. The summed E-state index contributed by atoms with van der Waals surface area (Å²) in [7, 11) is -4.26. The zero-order valence-electron chi connectivity index (χ0n) is 28.1. The third-order valence-electron chi connectivity index (χ3n) is 12.2. The molecular formula is C36H48N6O5S. The van der Waals surface area contributed by atoms with Gasteiger partial charge in [0.15, 0.2) is 5.03 Å². The van der Waals surface area contributed by atoms with Crippen LogP contribution in [0.1, 0.15) is 94.8 Å². The van der Waals surface area contributed by atoms with Crippen molar-refractivity contribution in [3.63, 3.8) is 0 Å². The summed E-state index contributed by atoms with van der Waals surface area (Å²) in [6.07, 6.45) is 12.1. The molecule has 258 valence electrons. The van der Waals surface area contributed by atoms with Gasteiger partial charge in [-0.25, -0.2) is 14.7 Å². The number of pyridine rings is 2. The van der Waals surface area contributed by atoms with Gasteiger partial charge in [0.05, 0.1) is 5.56 Å². The Labute approximate surface area is 283 Å². The lowest BCUT2D eigenvalue weighted by atomic mass is 9.49. The molecule has 1 unspecified atom stereocenters. The lowest BCUT2D eigenvalue weighted by Crippen LogP contribution is -2.46. The molecule has 9 rings (SSSR count). The van der Waals surface area contributed by atoms with Gasteiger partial charge in [-0.1, -0.05) is 6.07 Å². The summed E-state index contributed by atoms with van der Waals surface area (Å²) in [4.78, 5) is 40.5. The van der Waals surface area contributed by atoms with E-state index in [9.17, 15) is 18.0 Å². The maximum Gasteiger partial charge on any atom is 0.281 e. The van der Waals surface area contributed by atoms with Crippen LogP contribution in [0.4, 0.5) is 17.5 Å². The molecule has 0 radical (unpaired) electrons. The summed E-state index contributed by atoms with van der Waals surface area (Å²) in [5.41, 5.74) is 0.220. The van der Waals surface area contributed by atoms with E-state index < -0.39 is 22.0 Å². The van der Waals surface area contributed by atoms with Crippen molar-refractivity contribution in [3.05, 3.63) is 35.9 Å². The van der Waals surface area contributed by atoms with Gasteiger partial charge in [0.1, 0.15) is 23.6 Å². The maximum absolute atomic E-state index is 13.7. The number of aromatic nitrogens is 2. The van der Waals surface area contributed by atoms with Crippen LogP contribution in [0.2, 0.25) is 0 Å². The Morgan fingerprint density at radius 1 is 0.938 bits per heavy atom. The molecule has 6 fully saturated rings. The molecule has 0 spiro atoms. The number of hydrogen-bond acceptors (Lipinski definition) is 9. The van der Waals surface area contributed by atoms with E-state index in [0.717, 1.165) is 43.4 Å². The normalized spacial score (nSPS) is 33.5. The van der Waals surface area contributed by atoms with Crippen molar-refractivity contribution in [2.24, 2.45) is 29.1 Å². The van der Waals surface area contributed by atoms with Crippen LogP contribution in [0.15, 0.2) is 35.4 Å². The van der Waals surface area contributed by atoms with Gasteiger partial charge in [-0.15, -0.1) is 0 Å². The Kier molecular flexibility index (Phi) is 7.97. The first kappa shape index (κ1) is 32.0. The highest BCUT2D eigenvalue weighted by atomic mass is 32.2. The van der Waals surface area contributed by atoms with Crippen LogP contribution in [-0.4, -0.2) is 68.1 Å². The van der Waals surface area contributed by atoms with Gasteiger partial charge in [-0.3, -0.25) is 14.5 Å². The monoisotopic (exact) mass is 676 g/mol. The molecule has 8 bridgehead atoms. The smallest absolute Gasteiger partial charge is 0.281 e. The number of sulfonamides is 1. The van der Waals surface area contributed by atoms with Crippen LogP contribution in [0.3, 0.4) is 0 Å². The fourth-order valence-corrected chi connectivity index (χ4v) is 11.4. The summed E-state index contributed by atoms with van der Waals surface area (Å²) >= 11 is 0. The van der Waals surface area contributed by atoms with Crippen LogP contribution in [-0.2, 0) is 19.6 Å². The van der Waals surface area contributed by atoms with Crippen molar-refractivity contribution in [3.8, 4) is 0 Å². The van der Waals surface area contributed by atoms with Gasteiger partial charge in [-0.05, 0) is 131 Å². The molecule has 3 aliphatic heterocycles. The van der Waals surface area contributed by atoms with E-state index in [1.54, 1.807) is 29.2 Å². The average Bonchev–Trinajstić information content (AvgIpc) is 3.55. The summed E-state index contributed by atoms with van der Waals surface area (Å²) < 4.78 is 35.2. The molecule has 7 aliphatic rings. The molecule has 4 aliphatic carbocycles. The minimum absolute atomic E-state index is 0.103. The van der Waals surface area contributed by atoms with Crippen LogP contribution in [0.5, 0.6) is 0 Å². The van der Waals surface area contributed by atoms with Gasteiger partial charge in [0, 0.05) is 38.2 Å². The first-order valence-electron chi connectivity index (χ1n) is 18.0. The highest BCUT2D eigenvalue weighted by Gasteiger charge is 2.50. The van der Waals surface area contributed by atoms with Crippen LogP contribution < -0.4 is 19.8 Å². The number of anilines is 3. The fraction of sp³-hybridized carbons (Fsp3) is 0.667. The number of rotatable bonds is 5. The highest BCUT2D eigenvalue weighted by molar-refractivity contribution is 7.90. The lowest BCUT2D eigenvalue weighted by Gasteiger charge is -2.57. The number of carbonyl (C=O) groups is 2. The molecule has 2 amide bonds. The Bertz CT molecular complexity index is 1680. The number of nitrogens with one attached hydrogen (secondary N) is 2. The molecule has 48 heavy (non-hydrogen) atoms. The largest absolute Gasteiger partial charge is 0.370 e. The van der Waals surface area contributed by atoms with E-state index >= 15 is 0 Å². The van der Waals surface area contributed by atoms with Crippen molar-refractivity contribution in [1.82, 2.24) is 14.7 Å². The number of hydrogen-bond donors (Lipinski definition) is 2. The van der Waals surface area contributed by atoms with E-state index in [4.69, 9.17) is 9.72 Å². The predicted molar refractivity (Wildman–Crippen MR) is 182 cm³/mol. The standard InChI is InChI=1S/C36H48N6O5S/c1-35(2)18-23-5-4-12-37-29-6-3-7-31(38-29)48(45,46)40-33(43)27-8-9-30(39-32(27)42(35)22-23)41-13-10-28(34(41)44)47-14-11-36-19-24-15-25(20-36)17-26(16-24)21-36/h3,6-9,23-26,28H,4-5,10-22H2,1-2H3,(H,37,38)(H,40,43)/t23?,24?,25?,26?,28-,36?/m0/s1. The van der Waals surface area contributed by atoms with E-state index in [0.29, 0.717) is 61.4 Å². The molecule has 5 heterocycles. The SMILES string of the molecule is CC1(C)CC2CCCNc3cccc(n3)S(=O)(=O)NC(=O)c3ccc(N4CC[C@H](OCCC56CC7CC(CC(C7)C5)C6)C4=O)nc3N1C2. The maximum atomic E-state index is 13.7. The van der Waals surface area contributed by atoms with Gasteiger partial charge in [0.25, 0.3) is 21.8 Å². The Morgan fingerprint density at radius 3 is 2.44 bits per heavy atom. The molecule has 0 aromatic carbocycles. The fourth-order valence-electron chi connectivity index (χ4n) is 10.5. The van der Waals surface area contributed by atoms with Gasteiger partial charge in [0.2, 0.25) is 0 Å².